The molecule has 1 amide bonds. The van der Waals surface area contributed by atoms with Crippen molar-refractivity contribution in [3.8, 4) is 0 Å². The van der Waals surface area contributed by atoms with Crippen molar-refractivity contribution in [3.63, 3.8) is 0 Å². The zero-order valence-corrected chi connectivity index (χ0v) is 10.2. The van der Waals surface area contributed by atoms with Crippen molar-refractivity contribution in [2.24, 2.45) is 5.73 Å². The van der Waals surface area contributed by atoms with E-state index in [-0.39, 0.29) is 11.9 Å². The van der Waals surface area contributed by atoms with Crippen molar-refractivity contribution >= 4 is 5.91 Å². The summed E-state index contributed by atoms with van der Waals surface area (Å²) in [4.78, 5) is 16.0. The van der Waals surface area contributed by atoms with Gasteiger partial charge in [-0.1, -0.05) is 0 Å². The third kappa shape index (κ3) is 3.06. The monoisotopic (exact) mass is 236 g/mol. The van der Waals surface area contributed by atoms with Gasteiger partial charge in [0.05, 0.1) is 6.33 Å². The molecule has 2 rings (SSSR count). The number of nitrogens with zero attached hydrogens (tertiary/aromatic N) is 2. The highest BCUT2D eigenvalue weighted by Crippen LogP contribution is 2.17. The molecule has 1 fully saturated rings. The molecule has 1 aliphatic rings. The molecule has 0 saturated heterocycles. The Kier molecular flexibility index (Phi) is 3.78. The Balaban J connectivity index is 1.88. The number of aromatic nitrogens is 2. The maximum absolute atomic E-state index is 11.9. The summed E-state index contributed by atoms with van der Waals surface area (Å²) >= 11 is 0. The number of amides is 1. The number of aryl methyl sites for hydroxylation is 1. The Labute approximate surface area is 101 Å². The van der Waals surface area contributed by atoms with Crippen LogP contribution >= 0.6 is 0 Å². The van der Waals surface area contributed by atoms with Gasteiger partial charge in [-0.15, -0.1) is 0 Å². The Morgan fingerprint density at radius 3 is 2.82 bits per heavy atom. The Morgan fingerprint density at radius 2 is 2.24 bits per heavy atom. The molecule has 1 aliphatic carbocycles. The molecule has 0 atom stereocenters. The fourth-order valence-corrected chi connectivity index (χ4v) is 2.17. The van der Waals surface area contributed by atoms with Gasteiger partial charge >= 0.3 is 0 Å². The summed E-state index contributed by atoms with van der Waals surface area (Å²) < 4.78 is 1.89. The van der Waals surface area contributed by atoms with Crippen LogP contribution in [0, 0.1) is 0 Å². The zero-order chi connectivity index (χ0) is 12.3. The fraction of sp³-hybridized carbons (Fsp3) is 0.667. The minimum atomic E-state index is -0.0716. The maximum atomic E-state index is 11.9. The molecule has 3 N–H and O–H groups in total. The summed E-state index contributed by atoms with van der Waals surface area (Å²) in [6.45, 7) is 2.85. The van der Waals surface area contributed by atoms with Gasteiger partial charge in [-0.05, 0) is 32.6 Å². The molecule has 17 heavy (non-hydrogen) atoms. The molecular weight excluding hydrogens is 216 g/mol. The first-order valence-electron chi connectivity index (χ1n) is 6.27. The second-order valence-electron chi connectivity index (χ2n) is 4.67. The SMILES string of the molecule is CCn1cnc(C(=O)NC2CCC(N)CC2)c1. The molecule has 0 radical (unpaired) electrons. The summed E-state index contributed by atoms with van der Waals surface area (Å²) in [5.41, 5.74) is 6.33. The van der Waals surface area contributed by atoms with Crippen LogP contribution in [0.3, 0.4) is 0 Å². The average molecular weight is 236 g/mol. The summed E-state index contributed by atoms with van der Waals surface area (Å²) in [6.07, 6.45) is 7.40. The highest BCUT2D eigenvalue weighted by Gasteiger charge is 2.21. The van der Waals surface area contributed by atoms with E-state index < -0.39 is 0 Å². The Morgan fingerprint density at radius 1 is 1.53 bits per heavy atom. The van der Waals surface area contributed by atoms with Gasteiger partial charge in [-0.25, -0.2) is 4.98 Å². The molecule has 0 spiro atoms. The number of nitrogens with one attached hydrogen (secondary N) is 1. The lowest BCUT2D eigenvalue weighted by molar-refractivity contribution is 0.0921. The predicted molar refractivity (Wildman–Crippen MR) is 65.6 cm³/mol. The molecule has 0 aliphatic heterocycles. The maximum Gasteiger partial charge on any atom is 0.271 e. The number of hydrogen-bond acceptors (Lipinski definition) is 3. The summed E-state index contributed by atoms with van der Waals surface area (Å²) in [7, 11) is 0. The molecule has 1 heterocycles. The van der Waals surface area contributed by atoms with E-state index in [4.69, 9.17) is 5.73 Å². The average Bonchev–Trinajstić information content (AvgIpc) is 2.81. The van der Waals surface area contributed by atoms with Crippen molar-refractivity contribution in [2.45, 2.75) is 51.2 Å². The van der Waals surface area contributed by atoms with E-state index in [1.165, 1.54) is 0 Å². The van der Waals surface area contributed by atoms with Crippen molar-refractivity contribution < 1.29 is 4.79 Å². The highest BCUT2D eigenvalue weighted by molar-refractivity contribution is 5.92. The van der Waals surface area contributed by atoms with Crippen molar-refractivity contribution in [3.05, 3.63) is 18.2 Å². The van der Waals surface area contributed by atoms with Crippen LogP contribution in [0.1, 0.15) is 43.1 Å². The smallest absolute Gasteiger partial charge is 0.271 e. The summed E-state index contributed by atoms with van der Waals surface area (Å²) in [5.74, 6) is -0.0716. The van der Waals surface area contributed by atoms with Crippen molar-refractivity contribution in [2.75, 3.05) is 0 Å². The third-order valence-electron chi connectivity index (χ3n) is 3.34. The standard InChI is InChI=1S/C12H20N4O/c1-2-16-7-11(14-8-16)12(17)15-10-5-3-9(13)4-6-10/h7-10H,2-6,13H2,1H3,(H,15,17). The first kappa shape index (κ1) is 12.1. The molecule has 1 aromatic heterocycles. The second kappa shape index (κ2) is 5.31. The van der Waals surface area contributed by atoms with E-state index in [1.807, 2.05) is 11.5 Å². The number of hydrogen-bond donors (Lipinski definition) is 2. The van der Waals surface area contributed by atoms with Gasteiger partial charge in [0.1, 0.15) is 5.69 Å². The highest BCUT2D eigenvalue weighted by atomic mass is 16.2. The van der Waals surface area contributed by atoms with Gasteiger partial charge in [0.25, 0.3) is 5.91 Å². The summed E-state index contributed by atoms with van der Waals surface area (Å²) in [5, 5.41) is 3.02. The number of carbonyl (C=O) groups excluding carboxylic acids is 1. The lowest BCUT2D eigenvalue weighted by Gasteiger charge is -2.26. The molecule has 5 nitrogen and oxygen atoms in total. The summed E-state index contributed by atoms with van der Waals surface area (Å²) in [6, 6.07) is 0.566. The van der Waals surface area contributed by atoms with Crippen LogP contribution in [-0.2, 0) is 6.54 Å². The van der Waals surface area contributed by atoms with Crippen LogP contribution in [0.25, 0.3) is 0 Å². The van der Waals surface area contributed by atoms with Crippen LogP contribution < -0.4 is 11.1 Å². The number of carbonyl (C=O) groups is 1. The number of nitrogens with two attached hydrogens (primary N) is 1. The third-order valence-corrected chi connectivity index (χ3v) is 3.34. The Bertz CT molecular complexity index is 380. The minimum Gasteiger partial charge on any atom is -0.348 e. The van der Waals surface area contributed by atoms with Crippen LogP contribution in [0.5, 0.6) is 0 Å². The second-order valence-corrected chi connectivity index (χ2v) is 4.67. The van der Waals surface area contributed by atoms with Gasteiger partial charge in [0.2, 0.25) is 0 Å². The van der Waals surface area contributed by atoms with Crippen molar-refractivity contribution in [1.82, 2.24) is 14.9 Å². The normalized spacial score (nSPS) is 24.6. The zero-order valence-electron chi connectivity index (χ0n) is 10.2. The van der Waals surface area contributed by atoms with E-state index in [0.29, 0.717) is 11.7 Å². The van der Waals surface area contributed by atoms with Gasteiger partial charge in [-0.2, -0.15) is 0 Å². The van der Waals surface area contributed by atoms with Crippen LogP contribution in [-0.4, -0.2) is 27.5 Å². The molecule has 1 aromatic rings. The lowest BCUT2D eigenvalue weighted by Crippen LogP contribution is -2.40. The molecule has 0 aromatic carbocycles. The van der Waals surface area contributed by atoms with Gasteiger partial charge in [0.15, 0.2) is 0 Å². The van der Waals surface area contributed by atoms with Gasteiger partial charge < -0.3 is 15.6 Å². The molecule has 1 saturated carbocycles. The first-order valence-corrected chi connectivity index (χ1v) is 6.27. The molecule has 0 unspecified atom stereocenters. The topological polar surface area (TPSA) is 72.9 Å². The van der Waals surface area contributed by atoms with E-state index >= 15 is 0 Å². The predicted octanol–water partition coefficient (Wildman–Crippen LogP) is 0.903. The molecule has 94 valence electrons. The van der Waals surface area contributed by atoms with E-state index in [2.05, 4.69) is 10.3 Å². The van der Waals surface area contributed by atoms with Crippen LogP contribution in [0.2, 0.25) is 0 Å². The largest absolute Gasteiger partial charge is 0.348 e. The molecule has 0 bridgehead atoms. The van der Waals surface area contributed by atoms with E-state index in [1.54, 1.807) is 12.5 Å². The van der Waals surface area contributed by atoms with Crippen molar-refractivity contribution in [1.29, 1.82) is 0 Å². The molecular formula is C12H20N4O. The van der Waals surface area contributed by atoms with Crippen LogP contribution in [0.15, 0.2) is 12.5 Å². The number of imidazole rings is 1. The minimum absolute atomic E-state index is 0.0716. The Hall–Kier alpha value is -1.36. The fourth-order valence-electron chi connectivity index (χ4n) is 2.17. The van der Waals surface area contributed by atoms with Crippen LogP contribution in [0.4, 0.5) is 0 Å². The molecule has 5 heteroatoms. The van der Waals surface area contributed by atoms with Gasteiger partial charge in [0, 0.05) is 24.8 Å². The first-order chi connectivity index (χ1) is 8.19. The van der Waals surface area contributed by atoms with Gasteiger partial charge in [-0.3, -0.25) is 4.79 Å². The van der Waals surface area contributed by atoms with E-state index in [0.717, 1.165) is 32.2 Å². The van der Waals surface area contributed by atoms with E-state index in [9.17, 15) is 4.79 Å². The lowest BCUT2D eigenvalue weighted by atomic mass is 9.92. The number of rotatable bonds is 3. The quantitative estimate of drug-likeness (QED) is 0.819.